The molecule has 104 valence electrons. The van der Waals surface area contributed by atoms with E-state index in [2.05, 4.69) is 12.2 Å². The van der Waals surface area contributed by atoms with E-state index in [1.165, 1.54) is 12.1 Å². The number of anilines is 1. The van der Waals surface area contributed by atoms with Crippen molar-refractivity contribution in [2.45, 2.75) is 39.2 Å². The SMILES string of the molecule is CCCC(CC)Nc1ccc([N+](=O)[O-])cc1C(=O)O. The molecule has 0 aliphatic rings. The first kappa shape index (κ1) is 14.9. The molecule has 1 unspecified atom stereocenters. The van der Waals surface area contributed by atoms with Gasteiger partial charge in [-0.05, 0) is 18.9 Å². The minimum absolute atomic E-state index is 0.0660. The molecule has 1 aromatic rings. The van der Waals surface area contributed by atoms with Crippen LogP contribution in [0.2, 0.25) is 0 Å². The average Bonchev–Trinajstić information content (AvgIpc) is 2.37. The van der Waals surface area contributed by atoms with E-state index >= 15 is 0 Å². The molecule has 0 aliphatic heterocycles. The smallest absolute Gasteiger partial charge is 0.338 e. The number of carboxylic acid groups (broad SMARTS) is 1. The highest BCUT2D eigenvalue weighted by atomic mass is 16.6. The molecule has 0 fully saturated rings. The standard InChI is InChI=1S/C13H18N2O4/c1-3-5-9(4-2)14-12-7-6-10(15(18)19)8-11(12)13(16)17/h6-9,14H,3-5H2,1-2H3,(H,16,17). The monoisotopic (exact) mass is 266 g/mol. The Morgan fingerprint density at radius 3 is 2.63 bits per heavy atom. The van der Waals surface area contributed by atoms with Gasteiger partial charge in [0.1, 0.15) is 0 Å². The molecule has 0 bridgehead atoms. The Morgan fingerprint density at radius 1 is 1.47 bits per heavy atom. The maximum Gasteiger partial charge on any atom is 0.338 e. The van der Waals surface area contributed by atoms with Crippen molar-refractivity contribution in [1.82, 2.24) is 0 Å². The molecule has 6 nitrogen and oxygen atoms in total. The molecule has 1 atom stereocenters. The number of rotatable bonds is 7. The number of benzene rings is 1. The van der Waals surface area contributed by atoms with E-state index in [9.17, 15) is 14.9 Å². The third kappa shape index (κ3) is 3.94. The lowest BCUT2D eigenvalue weighted by molar-refractivity contribution is -0.384. The summed E-state index contributed by atoms with van der Waals surface area (Å²) >= 11 is 0. The van der Waals surface area contributed by atoms with Crippen LogP contribution in [0.3, 0.4) is 0 Å². The summed E-state index contributed by atoms with van der Waals surface area (Å²) in [5.41, 5.74) is 0.147. The molecule has 2 N–H and O–H groups in total. The third-order valence-electron chi connectivity index (χ3n) is 2.93. The summed E-state index contributed by atoms with van der Waals surface area (Å²) in [6.45, 7) is 4.07. The normalized spacial score (nSPS) is 11.9. The van der Waals surface area contributed by atoms with Crippen LogP contribution in [0.4, 0.5) is 11.4 Å². The van der Waals surface area contributed by atoms with Crippen LogP contribution in [0.15, 0.2) is 18.2 Å². The molecule has 0 spiro atoms. The van der Waals surface area contributed by atoms with Gasteiger partial charge in [0.2, 0.25) is 0 Å². The number of nitro benzene ring substituents is 1. The van der Waals surface area contributed by atoms with Crippen LogP contribution >= 0.6 is 0 Å². The fraction of sp³-hybridized carbons (Fsp3) is 0.462. The van der Waals surface area contributed by atoms with E-state index in [0.29, 0.717) is 5.69 Å². The van der Waals surface area contributed by atoms with Gasteiger partial charge in [0.25, 0.3) is 5.69 Å². The molecule has 0 amide bonds. The van der Waals surface area contributed by atoms with E-state index in [-0.39, 0.29) is 17.3 Å². The van der Waals surface area contributed by atoms with E-state index < -0.39 is 10.9 Å². The van der Waals surface area contributed by atoms with Gasteiger partial charge >= 0.3 is 5.97 Å². The summed E-state index contributed by atoms with van der Waals surface area (Å²) in [7, 11) is 0. The minimum Gasteiger partial charge on any atom is -0.478 e. The Balaban J connectivity index is 3.06. The van der Waals surface area contributed by atoms with Gasteiger partial charge in [-0.3, -0.25) is 10.1 Å². The summed E-state index contributed by atoms with van der Waals surface area (Å²) in [6.07, 6.45) is 2.78. The third-order valence-corrected chi connectivity index (χ3v) is 2.93. The number of nitrogens with zero attached hydrogens (tertiary/aromatic N) is 1. The Bertz CT molecular complexity index is 474. The lowest BCUT2D eigenvalue weighted by Crippen LogP contribution is -2.20. The highest BCUT2D eigenvalue weighted by Gasteiger charge is 2.17. The van der Waals surface area contributed by atoms with Gasteiger partial charge in [-0.1, -0.05) is 20.3 Å². The molecular formula is C13H18N2O4. The molecule has 0 aromatic heterocycles. The average molecular weight is 266 g/mol. The number of aromatic carboxylic acids is 1. The lowest BCUT2D eigenvalue weighted by Gasteiger charge is -2.18. The molecular weight excluding hydrogens is 248 g/mol. The number of non-ortho nitro benzene ring substituents is 1. The van der Waals surface area contributed by atoms with Crippen LogP contribution in [0.5, 0.6) is 0 Å². The van der Waals surface area contributed by atoms with Crippen LogP contribution in [0.1, 0.15) is 43.5 Å². The predicted molar refractivity (Wildman–Crippen MR) is 72.7 cm³/mol. The van der Waals surface area contributed by atoms with Gasteiger partial charge in [0.15, 0.2) is 0 Å². The largest absolute Gasteiger partial charge is 0.478 e. The van der Waals surface area contributed by atoms with Crippen molar-refractivity contribution in [3.63, 3.8) is 0 Å². The Morgan fingerprint density at radius 2 is 2.16 bits per heavy atom. The zero-order chi connectivity index (χ0) is 14.4. The highest BCUT2D eigenvalue weighted by molar-refractivity contribution is 5.95. The van der Waals surface area contributed by atoms with Gasteiger partial charge in [-0.15, -0.1) is 0 Å². The molecule has 0 saturated carbocycles. The van der Waals surface area contributed by atoms with E-state index in [4.69, 9.17) is 5.11 Å². The van der Waals surface area contributed by atoms with Crippen molar-refractivity contribution in [1.29, 1.82) is 0 Å². The number of nitro groups is 1. The zero-order valence-electron chi connectivity index (χ0n) is 11.0. The van der Waals surface area contributed by atoms with Gasteiger partial charge in [0, 0.05) is 23.9 Å². The van der Waals surface area contributed by atoms with Crippen molar-refractivity contribution in [3.8, 4) is 0 Å². The summed E-state index contributed by atoms with van der Waals surface area (Å²) < 4.78 is 0. The first-order valence-electron chi connectivity index (χ1n) is 6.27. The van der Waals surface area contributed by atoms with Crippen molar-refractivity contribution in [3.05, 3.63) is 33.9 Å². The number of hydrogen-bond donors (Lipinski definition) is 2. The molecule has 6 heteroatoms. The predicted octanol–water partition coefficient (Wildman–Crippen LogP) is 3.28. The molecule has 19 heavy (non-hydrogen) atoms. The zero-order valence-corrected chi connectivity index (χ0v) is 11.0. The Labute approximate surface area is 111 Å². The molecule has 1 rings (SSSR count). The number of hydrogen-bond acceptors (Lipinski definition) is 4. The fourth-order valence-electron chi connectivity index (χ4n) is 1.90. The van der Waals surface area contributed by atoms with Crippen molar-refractivity contribution in [2.75, 3.05) is 5.32 Å². The second-order valence-electron chi connectivity index (χ2n) is 4.33. The van der Waals surface area contributed by atoms with Crippen molar-refractivity contribution >= 4 is 17.3 Å². The maximum atomic E-state index is 11.2. The van der Waals surface area contributed by atoms with Crippen LogP contribution in [0, 0.1) is 10.1 Å². The topological polar surface area (TPSA) is 92.5 Å². The second kappa shape index (κ2) is 6.72. The van der Waals surface area contributed by atoms with Gasteiger partial charge < -0.3 is 10.4 Å². The molecule has 0 heterocycles. The van der Waals surface area contributed by atoms with Crippen molar-refractivity contribution < 1.29 is 14.8 Å². The Hall–Kier alpha value is -2.11. The summed E-state index contributed by atoms with van der Waals surface area (Å²) in [5.74, 6) is -1.17. The fourth-order valence-corrected chi connectivity index (χ4v) is 1.90. The molecule has 1 aromatic carbocycles. The summed E-state index contributed by atoms with van der Waals surface area (Å²) in [6, 6.07) is 4.03. The Kier molecular flexibility index (Phi) is 5.29. The summed E-state index contributed by atoms with van der Waals surface area (Å²) in [5, 5.41) is 22.9. The number of carboxylic acids is 1. The van der Waals surface area contributed by atoms with Gasteiger partial charge in [0.05, 0.1) is 10.5 Å². The van der Waals surface area contributed by atoms with Crippen molar-refractivity contribution in [2.24, 2.45) is 0 Å². The first-order valence-corrected chi connectivity index (χ1v) is 6.27. The minimum atomic E-state index is -1.17. The van der Waals surface area contributed by atoms with Gasteiger partial charge in [-0.25, -0.2) is 4.79 Å². The lowest BCUT2D eigenvalue weighted by atomic mass is 10.1. The van der Waals surface area contributed by atoms with Crippen LogP contribution < -0.4 is 5.32 Å². The van der Waals surface area contributed by atoms with Gasteiger partial charge in [-0.2, -0.15) is 0 Å². The van der Waals surface area contributed by atoms with E-state index in [1.807, 2.05) is 6.92 Å². The van der Waals surface area contributed by atoms with Crippen LogP contribution in [-0.4, -0.2) is 22.0 Å². The highest BCUT2D eigenvalue weighted by Crippen LogP contribution is 2.24. The van der Waals surface area contributed by atoms with Crippen LogP contribution in [-0.2, 0) is 0 Å². The molecule has 0 aliphatic carbocycles. The summed E-state index contributed by atoms with van der Waals surface area (Å²) in [4.78, 5) is 21.2. The molecule has 0 saturated heterocycles. The van der Waals surface area contributed by atoms with Crippen LogP contribution in [0.25, 0.3) is 0 Å². The molecule has 0 radical (unpaired) electrons. The second-order valence-corrected chi connectivity index (χ2v) is 4.33. The number of carbonyl (C=O) groups is 1. The van der Waals surface area contributed by atoms with E-state index in [0.717, 1.165) is 25.3 Å². The maximum absolute atomic E-state index is 11.2. The van der Waals surface area contributed by atoms with E-state index in [1.54, 1.807) is 0 Å². The first-order chi connectivity index (χ1) is 8.99. The number of nitrogens with one attached hydrogen (secondary N) is 1. The quantitative estimate of drug-likeness (QED) is 0.583.